The van der Waals surface area contributed by atoms with Crippen molar-refractivity contribution >= 4 is 11.4 Å². The lowest BCUT2D eigenvalue weighted by atomic mass is 10.1. The fourth-order valence-corrected chi connectivity index (χ4v) is 1.92. The number of rotatable bonds is 4. The van der Waals surface area contributed by atoms with Crippen LogP contribution in [0.15, 0.2) is 36.4 Å². The number of nitro benzene ring substituents is 1. The first-order valence-corrected chi connectivity index (χ1v) is 6.07. The Kier molecular flexibility index (Phi) is 4.02. The van der Waals surface area contributed by atoms with Crippen molar-refractivity contribution in [2.24, 2.45) is 0 Å². The zero-order valence-electron chi connectivity index (χ0n) is 11.0. The van der Waals surface area contributed by atoms with Gasteiger partial charge in [0.05, 0.1) is 16.7 Å². The quantitative estimate of drug-likeness (QED) is 0.665. The highest BCUT2D eigenvalue weighted by molar-refractivity contribution is 5.53. The topological polar surface area (TPSA) is 75.4 Å². The Morgan fingerprint density at radius 1 is 1.19 bits per heavy atom. The zero-order chi connectivity index (χ0) is 15.6. The number of non-ortho nitro benzene ring substituents is 1. The summed E-state index contributed by atoms with van der Waals surface area (Å²) in [5.74, 6) is -1.54. The molecule has 0 spiro atoms. The second-order valence-corrected chi connectivity index (χ2v) is 4.49. The maximum absolute atomic E-state index is 13.7. The highest BCUT2D eigenvalue weighted by Crippen LogP contribution is 2.27. The molecule has 2 aromatic carbocycles. The molecule has 0 aromatic heterocycles. The van der Waals surface area contributed by atoms with E-state index in [1.165, 1.54) is 12.1 Å². The van der Waals surface area contributed by atoms with E-state index in [0.29, 0.717) is 0 Å². The summed E-state index contributed by atoms with van der Waals surface area (Å²) >= 11 is 0. The van der Waals surface area contributed by atoms with Crippen LogP contribution < -0.4 is 5.32 Å². The van der Waals surface area contributed by atoms with Gasteiger partial charge in [-0.05, 0) is 19.1 Å². The van der Waals surface area contributed by atoms with Gasteiger partial charge >= 0.3 is 0 Å². The van der Waals surface area contributed by atoms with Crippen LogP contribution in [0.25, 0.3) is 0 Å². The number of hydrogen-bond acceptors (Lipinski definition) is 4. The Morgan fingerprint density at radius 3 is 2.52 bits per heavy atom. The number of nitrogens with one attached hydrogen (secondary N) is 1. The summed E-state index contributed by atoms with van der Waals surface area (Å²) in [6.07, 6.45) is 0. The van der Waals surface area contributed by atoms with Gasteiger partial charge in [-0.15, -0.1) is 0 Å². The molecule has 0 fully saturated rings. The van der Waals surface area contributed by atoms with E-state index in [1.54, 1.807) is 6.92 Å². The smallest absolute Gasteiger partial charge is 0.271 e. The van der Waals surface area contributed by atoms with Crippen LogP contribution in [-0.2, 0) is 0 Å². The molecule has 0 bridgehead atoms. The van der Waals surface area contributed by atoms with Gasteiger partial charge in [0.15, 0.2) is 0 Å². The molecule has 1 unspecified atom stereocenters. The minimum absolute atomic E-state index is 0.0934. The van der Waals surface area contributed by atoms with E-state index >= 15 is 0 Å². The lowest BCUT2D eigenvalue weighted by Gasteiger charge is -2.17. The van der Waals surface area contributed by atoms with Crippen molar-refractivity contribution in [1.29, 1.82) is 0 Å². The van der Waals surface area contributed by atoms with Crippen LogP contribution in [0.4, 0.5) is 20.2 Å². The highest BCUT2D eigenvalue weighted by Gasteiger charge is 2.16. The summed E-state index contributed by atoms with van der Waals surface area (Å²) in [4.78, 5) is 10.0. The summed E-state index contributed by atoms with van der Waals surface area (Å²) in [5.41, 5.74) is -0.153. The monoisotopic (exact) mass is 294 g/mol. The van der Waals surface area contributed by atoms with E-state index in [4.69, 9.17) is 5.11 Å². The normalized spacial score (nSPS) is 12.0. The molecule has 0 saturated heterocycles. The molecule has 0 heterocycles. The molecule has 110 valence electrons. The first-order chi connectivity index (χ1) is 9.88. The number of anilines is 1. The van der Waals surface area contributed by atoms with E-state index < -0.39 is 22.6 Å². The average molecular weight is 294 g/mol. The molecule has 0 amide bonds. The van der Waals surface area contributed by atoms with Crippen molar-refractivity contribution in [3.8, 4) is 5.75 Å². The van der Waals surface area contributed by atoms with Crippen molar-refractivity contribution in [3.05, 3.63) is 63.7 Å². The van der Waals surface area contributed by atoms with Gasteiger partial charge in [0.2, 0.25) is 0 Å². The Hall–Kier alpha value is -2.70. The molecule has 0 saturated carbocycles. The first kappa shape index (κ1) is 14.7. The Balaban J connectivity index is 2.28. The van der Waals surface area contributed by atoms with E-state index in [-0.39, 0.29) is 22.7 Å². The van der Waals surface area contributed by atoms with Crippen molar-refractivity contribution < 1.29 is 18.8 Å². The van der Waals surface area contributed by atoms with Crippen LogP contribution in [0, 0.1) is 21.7 Å². The number of benzene rings is 2. The van der Waals surface area contributed by atoms with E-state index in [9.17, 15) is 18.9 Å². The van der Waals surface area contributed by atoms with Crippen LogP contribution in [0.2, 0.25) is 0 Å². The minimum atomic E-state index is -0.674. The van der Waals surface area contributed by atoms with Crippen LogP contribution in [0.1, 0.15) is 18.5 Å². The number of hydrogen-bond donors (Lipinski definition) is 2. The third-order valence-electron chi connectivity index (χ3n) is 2.98. The number of aromatic hydroxyl groups is 1. The lowest BCUT2D eigenvalue weighted by Crippen LogP contribution is -2.10. The van der Waals surface area contributed by atoms with Crippen LogP contribution >= 0.6 is 0 Å². The number of halogens is 2. The second-order valence-electron chi connectivity index (χ2n) is 4.49. The molecule has 0 aliphatic heterocycles. The molecule has 7 heteroatoms. The molecule has 1 atom stereocenters. The minimum Gasteiger partial charge on any atom is -0.508 e. The van der Waals surface area contributed by atoms with Gasteiger partial charge in [0, 0.05) is 23.8 Å². The molecule has 2 N–H and O–H groups in total. The molecular weight excluding hydrogens is 282 g/mol. The molecule has 5 nitrogen and oxygen atoms in total. The molecular formula is C14H12F2N2O3. The van der Waals surface area contributed by atoms with Crippen molar-refractivity contribution in [2.75, 3.05) is 5.32 Å². The summed E-state index contributed by atoms with van der Waals surface area (Å²) in [6, 6.07) is 6.04. The predicted octanol–water partition coefficient (Wildman–Crippen LogP) is 3.75. The third-order valence-corrected chi connectivity index (χ3v) is 2.98. The van der Waals surface area contributed by atoms with Gasteiger partial charge < -0.3 is 10.4 Å². The standard InChI is InChI=1S/C14H12F2N2O3/c1-8(11-4-3-10(19)7-13(11)16)17-14-6-9(18(20)21)2-5-12(14)15/h2-8,17,19H,1H3. The van der Waals surface area contributed by atoms with Gasteiger partial charge in [-0.25, -0.2) is 8.78 Å². The van der Waals surface area contributed by atoms with Crippen LogP contribution in [-0.4, -0.2) is 10.0 Å². The highest BCUT2D eigenvalue weighted by atomic mass is 19.1. The van der Waals surface area contributed by atoms with Gasteiger partial charge in [-0.3, -0.25) is 10.1 Å². The number of nitrogens with zero attached hydrogens (tertiary/aromatic N) is 1. The van der Waals surface area contributed by atoms with Crippen LogP contribution in [0.5, 0.6) is 5.75 Å². The van der Waals surface area contributed by atoms with Crippen molar-refractivity contribution in [3.63, 3.8) is 0 Å². The molecule has 2 rings (SSSR count). The lowest BCUT2D eigenvalue weighted by molar-refractivity contribution is -0.384. The fraction of sp³-hybridized carbons (Fsp3) is 0.143. The van der Waals surface area contributed by atoms with Gasteiger partial charge in [-0.2, -0.15) is 0 Å². The molecule has 0 radical (unpaired) electrons. The van der Waals surface area contributed by atoms with Crippen LogP contribution in [0.3, 0.4) is 0 Å². The maximum atomic E-state index is 13.7. The van der Waals surface area contributed by atoms with Crippen molar-refractivity contribution in [1.82, 2.24) is 0 Å². The van der Waals surface area contributed by atoms with Gasteiger partial charge in [-0.1, -0.05) is 6.07 Å². The Labute approximate surface area is 119 Å². The summed E-state index contributed by atoms with van der Waals surface area (Å²) in [7, 11) is 0. The third kappa shape index (κ3) is 3.25. The summed E-state index contributed by atoms with van der Waals surface area (Å²) < 4.78 is 27.4. The van der Waals surface area contributed by atoms with Gasteiger partial charge in [0.1, 0.15) is 17.4 Å². The van der Waals surface area contributed by atoms with Gasteiger partial charge in [0.25, 0.3) is 5.69 Å². The summed E-state index contributed by atoms with van der Waals surface area (Å²) in [5, 5.41) is 22.5. The molecule has 21 heavy (non-hydrogen) atoms. The number of phenolic OH excluding ortho intramolecular Hbond substituents is 1. The van der Waals surface area contributed by atoms with E-state index in [2.05, 4.69) is 5.32 Å². The maximum Gasteiger partial charge on any atom is 0.271 e. The number of phenols is 1. The largest absolute Gasteiger partial charge is 0.508 e. The zero-order valence-corrected chi connectivity index (χ0v) is 11.0. The van der Waals surface area contributed by atoms with E-state index in [0.717, 1.165) is 24.3 Å². The second kappa shape index (κ2) is 5.74. The molecule has 2 aromatic rings. The SMILES string of the molecule is CC(Nc1cc([N+](=O)[O-])ccc1F)c1ccc(O)cc1F. The summed E-state index contributed by atoms with van der Waals surface area (Å²) in [6.45, 7) is 1.58. The number of nitro groups is 1. The van der Waals surface area contributed by atoms with E-state index in [1.807, 2.05) is 0 Å². The Morgan fingerprint density at radius 2 is 1.90 bits per heavy atom. The fourth-order valence-electron chi connectivity index (χ4n) is 1.92. The average Bonchev–Trinajstić information content (AvgIpc) is 2.40. The molecule has 0 aliphatic carbocycles. The molecule has 0 aliphatic rings. The van der Waals surface area contributed by atoms with Crippen molar-refractivity contribution in [2.45, 2.75) is 13.0 Å². The predicted molar refractivity (Wildman–Crippen MR) is 73.2 cm³/mol. The Bertz CT molecular complexity index is 692. The first-order valence-electron chi connectivity index (χ1n) is 6.07.